The zero-order chi connectivity index (χ0) is 21.7. The number of hydrogen-bond acceptors (Lipinski definition) is 8. The second kappa shape index (κ2) is 7.03. The van der Waals surface area contributed by atoms with Gasteiger partial charge in [0, 0.05) is 17.0 Å². The number of ether oxygens (including phenoxy) is 1. The Morgan fingerprint density at radius 2 is 2.03 bits per heavy atom. The Balaban J connectivity index is 1.87. The highest BCUT2D eigenvalue weighted by Crippen LogP contribution is 2.36. The molecule has 0 aliphatic heterocycles. The zero-order valence-corrected chi connectivity index (χ0v) is 17.4. The highest BCUT2D eigenvalue weighted by Gasteiger charge is 2.41. The number of carbonyl (C=O) groups excluding carboxylic acids is 1. The molecular formula is C19H20N4O6S. The van der Waals surface area contributed by atoms with Crippen LogP contribution in [0.4, 0.5) is 0 Å². The number of carbonyl (C=O) groups is 1. The summed E-state index contributed by atoms with van der Waals surface area (Å²) in [5.74, 6) is -0.383. The number of benzene rings is 1. The summed E-state index contributed by atoms with van der Waals surface area (Å²) in [5.41, 5.74) is -0.510. The van der Waals surface area contributed by atoms with Gasteiger partial charge in [-0.3, -0.25) is 4.79 Å². The quantitative estimate of drug-likeness (QED) is 0.577. The molecule has 0 radical (unpaired) electrons. The van der Waals surface area contributed by atoms with Gasteiger partial charge in [-0.25, -0.2) is 22.6 Å². The van der Waals surface area contributed by atoms with E-state index in [1.54, 1.807) is 13.0 Å². The highest BCUT2D eigenvalue weighted by molar-refractivity contribution is 7.89. The maximum atomic E-state index is 13.1. The van der Waals surface area contributed by atoms with Gasteiger partial charge in [-0.1, -0.05) is 11.2 Å². The van der Waals surface area contributed by atoms with E-state index in [1.165, 1.54) is 25.3 Å². The summed E-state index contributed by atoms with van der Waals surface area (Å²) in [6.45, 7) is 3.47. The molecule has 158 valence electrons. The molecule has 4 rings (SSSR count). The number of fused-ring (bicyclic) bond motifs is 1. The van der Waals surface area contributed by atoms with Gasteiger partial charge >= 0.3 is 5.97 Å². The number of sulfonamides is 1. The van der Waals surface area contributed by atoms with Gasteiger partial charge in [-0.2, -0.15) is 5.10 Å². The Morgan fingerprint density at radius 3 is 2.63 bits per heavy atom. The first-order valence-electron chi connectivity index (χ1n) is 9.21. The van der Waals surface area contributed by atoms with E-state index in [0.717, 1.165) is 17.5 Å². The van der Waals surface area contributed by atoms with Gasteiger partial charge in [0.15, 0.2) is 11.5 Å². The van der Waals surface area contributed by atoms with Gasteiger partial charge < -0.3 is 9.26 Å². The first kappa shape index (κ1) is 20.2. The maximum Gasteiger partial charge on any atom is 0.359 e. The van der Waals surface area contributed by atoms with Crippen LogP contribution in [0, 0.1) is 6.92 Å². The second-order valence-electron chi connectivity index (χ2n) is 7.61. The van der Waals surface area contributed by atoms with Crippen LogP contribution in [0.5, 0.6) is 0 Å². The Hall–Kier alpha value is -3.05. The normalized spacial score (nSPS) is 15.3. The lowest BCUT2D eigenvalue weighted by molar-refractivity contribution is 0.0593. The van der Waals surface area contributed by atoms with Gasteiger partial charge in [0.05, 0.1) is 23.1 Å². The molecule has 2 aromatic heterocycles. The lowest BCUT2D eigenvalue weighted by Gasteiger charge is -2.13. The summed E-state index contributed by atoms with van der Waals surface area (Å²) in [7, 11) is -2.64. The highest BCUT2D eigenvalue weighted by atomic mass is 32.2. The van der Waals surface area contributed by atoms with Gasteiger partial charge in [-0.05, 0) is 38.8 Å². The Bertz CT molecular complexity index is 1320. The SMILES string of the molecule is COC(=O)c1nn(Cc2cc(C)no2)c(=O)c2cc(S(=O)(=O)NC3(C)CC3)ccc12. The molecule has 1 aromatic carbocycles. The summed E-state index contributed by atoms with van der Waals surface area (Å²) >= 11 is 0. The fourth-order valence-corrected chi connectivity index (χ4v) is 4.59. The monoisotopic (exact) mass is 432 g/mol. The van der Waals surface area contributed by atoms with Crippen molar-refractivity contribution in [2.75, 3.05) is 7.11 Å². The van der Waals surface area contributed by atoms with Gasteiger partial charge in [0.1, 0.15) is 6.54 Å². The van der Waals surface area contributed by atoms with E-state index in [9.17, 15) is 18.0 Å². The van der Waals surface area contributed by atoms with E-state index in [0.29, 0.717) is 11.5 Å². The van der Waals surface area contributed by atoms with E-state index in [1.807, 2.05) is 6.92 Å². The number of methoxy groups -OCH3 is 1. The minimum absolute atomic E-state index is 0.0328. The van der Waals surface area contributed by atoms with Crippen molar-refractivity contribution in [2.45, 2.75) is 43.7 Å². The van der Waals surface area contributed by atoms with Crippen molar-refractivity contribution in [3.63, 3.8) is 0 Å². The number of esters is 1. The summed E-state index contributed by atoms with van der Waals surface area (Å²) in [6, 6.07) is 5.62. The third-order valence-corrected chi connectivity index (χ3v) is 6.62. The number of hydrogen-bond donors (Lipinski definition) is 1. The Labute approximate surface area is 171 Å². The summed E-state index contributed by atoms with van der Waals surface area (Å²) in [5, 5.41) is 8.12. The average Bonchev–Trinajstić information content (AvgIpc) is 3.27. The molecular weight excluding hydrogens is 412 g/mol. The molecule has 0 unspecified atom stereocenters. The van der Waals surface area contributed by atoms with Gasteiger partial charge in [0.25, 0.3) is 5.56 Å². The maximum absolute atomic E-state index is 13.1. The van der Waals surface area contributed by atoms with Crippen LogP contribution in [-0.4, -0.2) is 42.0 Å². The zero-order valence-electron chi connectivity index (χ0n) is 16.6. The standard InChI is InChI=1S/C19H20N4O6S/c1-11-8-12(29-21-11)10-23-17(24)15-9-13(30(26,27)22-19(2)6-7-19)4-5-14(15)16(20-23)18(25)28-3/h4-5,8-9,22H,6-7,10H2,1-3H3. The molecule has 1 saturated carbocycles. The van der Waals surface area contributed by atoms with Crippen LogP contribution in [-0.2, 0) is 21.3 Å². The van der Waals surface area contributed by atoms with Crippen molar-refractivity contribution in [2.24, 2.45) is 0 Å². The van der Waals surface area contributed by atoms with Crippen molar-refractivity contribution >= 4 is 26.8 Å². The molecule has 0 saturated heterocycles. The van der Waals surface area contributed by atoms with Crippen molar-refractivity contribution in [1.29, 1.82) is 0 Å². The van der Waals surface area contributed by atoms with Crippen LogP contribution in [0.2, 0.25) is 0 Å². The summed E-state index contributed by atoms with van der Waals surface area (Å²) in [4.78, 5) is 25.2. The summed E-state index contributed by atoms with van der Waals surface area (Å²) in [6.07, 6.45) is 1.50. The molecule has 0 atom stereocenters. The molecule has 30 heavy (non-hydrogen) atoms. The number of rotatable bonds is 6. The van der Waals surface area contributed by atoms with E-state index < -0.39 is 27.1 Å². The Kier molecular flexibility index (Phi) is 4.74. The predicted octanol–water partition coefficient (Wildman–Crippen LogP) is 1.36. The van der Waals surface area contributed by atoms with Crippen LogP contribution in [0.15, 0.2) is 38.5 Å². The largest absolute Gasteiger partial charge is 0.464 e. The molecule has 1 N–H and O–H groups in total. The summed E-state index contributed by atoms with van der Waals surface area (Å²) < 4.78 is 39.1. The molecule has 10 nitrogen and oxygen atoms in total. The molecule has 11 heteroatoms. The van der Waals surface area contributed by atoms with Crippen LogP contribution >= 0.6 is 0 Å². The fraction of sp³-hybridized carbons (Fsp3) is 0.368. The number of nitrogens with one attached hydrogen (secondary N) is 1. The van der Waals surface area contributed by atoms with Crippen LogP contribution in [0.25, 0.3) is 10.8 Å². The molecule has 1 aliphatic rings. The lowest BCUT2D eigenvalue weighted by atomic mass is 10.1. The van der Waals surface area contributed by atoms with Crippen LogP contribution < -0.4 is 10.3 Å². The molecule has 1 aliphatic carbocycles. The average molecular weight is 432 g/mol. The molecule has 1 fully saturated rings. The minimum atomic E-state index is -3.83. The lowest BCUT2D eigenvalue weighted by Crippen LogP contribution is -2.34. The van der Waals surface area contributed by atoms with E-state index in [-0.39, 0.29) is 27.9 Å². The van der Waals surface area contributed by atoms with Crippen molar-refractivity contribution in [3.05, 3.63) is 51.8 Å². The molecule has 3 aromatic rings. The van der Waals surface area contributed by atoms with Crippen LogP contribution in [0.1, 0.15) is 41.7 Å². The van der Waals surface area contributed by atoms with Gasteiger partial charge in [0.2, 0.25) is 10.0 Å². The smallest absolute Gasteiger partial charge is 0.359 e. The topological polar surface area (TPSA) is 133 Å². The fourth-order valence-electron chi connectivity index (χ4n) is 3.10. The predicted molar refractivity (Wildman–Crippen MR) is 106 cm³/mol. The molecule has 0 bridgehead atoms. The van der Waals surface area contributed by atoms with Crippen LogP contribution in [0.3, 0.4) is 0 Å². The van der Waals surface area contributed by atoms with Gasteiger partial charge in [-0.15, -0.1) is 0 Å². The van der Waals surface area contributed by atoms with Crippen molar-refractivity contribution < 1.29 is 22.5 Å². The number of aromatic nitrogens is 3. The van der Waals surface area contributed by atoms with E-state index >= 15 is 0 Å². The third-order valence-electron chi connectivity index (χ3n) is 4.98. The molecule has 0 spiro atoms. The number of nitrogens with zero attached hydrogens (tertiary/aromatic N) is 3. The number of aryl methyl sites for hydroxylation is 1. The third kappa shape index (κ3) is 3.73. The molecule has 0 amide bonds. The van der Waals surface area contributed by atoms with Crippen molar-refractivity contribution in [3.8, 4) is 0 Å². The Morgan fingerprint density at radius 1 is 1.30 bits per heavy atom. The first-order valence-corrected chi connectivity index (χ1v) is 10.7. The van der Waals surface area contributed by atoms with E-state index in [4.69, 9.17) is 9.26 Å². The second-order valence-corrected chi connectivity index (χ2v) is 9.29. The minimum Gasteiger partial charge on any atom is -0.464 e. The molecule has 2 heterocycles. The van der Waals surface area contributed by atoms with Crippen molar-refractivity contribution in [1.82, 2.24) is 19.7 Å². The van der Waals surface area contributed by atoms with E-state index in [2.05, 4.69) is 15.0 Å². The first-order chi connectivity index (χ1) is 14.1.